The standard InChI is InChI=1S/C17H22ClNO3S/c1-22-15(20)10-6-5-9-14-16(18)13(11-23-14)19-17(21)12-7-3-2-4-8-12/h2-4,7-8,13-14,16H,5-6,9-11H2,1H3,(H,19,21)/t13-,14+,16-/m1/s1. The highest BCUT2D eigenvalue weighted by molar-refractivity contribution is 8.00. The van der Waals surface area contributed by atoms with Gasteiger partial charge in [0.25, 0.3) is 5.91 Å². The van der Waals surface area contributed by atoms with Crippen LogP contribution in [0.25, 0.3) is 0 Å². The maximum Gasteiger partial charge on any atom is 0.305 e. The van der Waals surface area contributed by atoms with Crippen LogP contribution in [0.2, 0.25) is 0 Å². The highest BCUT2D eigenvalue weighted by Crippen LogP contribution is 2.34. The number of carbonyl (C=O) groups excluding carboxylic acids is 2. The van der Waals surface area contributed by atoms with E-state index in [0.29, 0.717) is 17.2 Å². The molecule has 1 amide bonds. The fraction of sp³-hybridized carbons (Fsp3) is 0.529. The van der Waals surface area contributed by atoms with Gasteiger partial charge in [-0.05, 0) is 25.0 Å². The van der Waals surface area contributed by atoms with E-state index in [1.165, 1.54) is 7.11 Å². The number of benzene rings is 1. The normalized spacial score (nSPS) is 23.5. The zero-order valence-electron chi connectivity index (χ0n) is 13.2. The molecule has 0 bridgehead atoms. The summed E-state index contributed by atoms with van der Waals surface area (Å²) < 4.78 is 4.63. The number of thioether (sulfide) groups is 1. The maximum absolute atomic E-state index is 12.2. The Morgan fingerprint density at radius 1 is 1.30 bits per heavy atom. The van der Waals surface area contributed by atoms with Crippen molar-refractivity contribution in [1.29, 1.82) is 0 Å². The first-order chi connectivity index (χ1) is 11.1. The van der Waals surface area contributed by atoms with Crippen LogP contribution < -0.4 is 5.32 Å². The van der Waals surface area contributed by atoms with Gasteiger partial charge in [-0.3, -0.25) is 9.59 Å². The van der Waals surface area contributed by atoms with Gasteiger partial charge >= 0.3 is 5.97 Å². The fourth-order valence-corrected chi connectivity index (χ4v) is 4.65. The third-order valence-electron chi connectivity index (χ3n) is 3.93. The molecule has 6 heteroatoms. The minimum Gasteiger partial charge on any atom is -0.469 e. The van der Waals surface area contributed by atoms with Gasteiger partial charge in [-0.15, -0.1) is 11.6 Å². The van der Waals surface area contributed by atoms with E-state index in [1.54, 1.807) is 23.9 Å². The zero-order chi connectivity index (χ0) is 16.7. The molecule has 0 radical (unpaired) electrons. The van der Waals surface area contributed by atoms with Crippen molar-refractivity contribution in [2.24, 2.45) is 0 Å². The summed E-state index contributed by atoms with van der Waals surface area (Å²) in [6.45, 7) is 0. The Hall–Kier alpha value is -1.20. The SMILES string of the molecule is COC(=O)CCCC[C@@H]1SC[C@@H](NC(=O)c2ccccc2)[C@H]1Cl. The summed E-state index contributed by atoms with van der Waals surface area (Å²) in [5.74, 6) is 0.585. The highest BCUT2D eigenvalue weighted by Gasteiger charge is 2.35. The van der Waals surface area contributed by atoms with Gasteiger partial charge < -0.3 is 10.1 Å². The molecule has 23 heavy (non-hydrogen) atoms. The first-order valence-electron chi connectivity index (χ1n) is 7.80. The average Bonchev–Trinajstić information content (AvgIpc) is 2.92. The number of esters is 1. The van der Waals surface area contributed by atoms with E-state index in [9.17, 15) is 9.59 Å². The van der Waals surface area contributed by atoms with Crippen LogP contribution in [-0.4, -0.2) is 41.4 Å². The number of unbranched alkanes of at least 4 members (excludes halogenated alkanes) is 1. The molecule has 1 aliphatic rings. The van der Waals surface area contributed by atoms with E-state index in [4.69, 9.17) is 11.6 Å². The van der Waals surface area contributed by atoms with Gasteiger partial charge in [0.1, 0.15) is 0 Å². The lowest BCUT2D eigenvalue weighted by Crippen LogP contribution is -2.41. The van der Waals surface area contributed by atoms with E-state index in [2.05, 4.69) is 10.1 Å². The van der Waals surface area contributed by atoms with Crippen molar-refractivity contribution in [1.82, 2.24) is 5.32 Å². The van der Waals surface area contributed by atoms with E-state index in [-0.39, 0.29) is 23.3 Å². The third-order valence-corrected chi connectivity index (χ3v) is 6.20. The molecule has 1 fully saturated rings. The molecule has 1 saturated heterocycles. The van der Waals surface area contributed by atoms with Crippen LogP contribution in [-0.2, 0) is 9.53 Å². The number of alkyl halides is 1. The highest BCUT2D eigenvalue weighted by atomic mass is 35.5. The number of carbonyl (C=O) groups is 2. The quantitative estimate of drug-likeness (QED) is 0.463. The smallest absolute Gasteiger partial charge is 0.305 e. The van der Waals surface area contributed by atoms with Crippen molar-refractivity contribution in [2.45, 2.75) is 42.4 Å². The number of amides is 1. The van der Waals surface area contributed by atoms with Gasteiger partial charge in [0, 0.05) is 23.0 Å². The molecule has 0 aromatic heterocycles. The van der Waals surface area contributed by atoms with E-state index in [1.807, 2.05) is 18.2 Å². The molecule has 126 valence electrons. The van der Waals surface area contributed by atoms with Crippen LogP contribution in [0.15, 0.2) is 30.3 Å². The lowest BCUT2D eigenvalue weighted by Gasteiger charge is -2.19. The number of nitrogens with one attached hydrogen (secondary N) is 1. The van der Waals surface area contributed by atoms with Crippen LogP contribution in [0, 0.1) is 0 Å². The van der Waals surface area contributed by atoms with Gasteiger partial charge in [0.15, 0.2) is 0 Å². The average molecular weight is 356 g/mol. The lowest BCUT2D eigenvalue weighted by atomic mass is 10.1. The summed E-state index contributed by atoms with van der Waals surface area (Å²) in [5.41, 5.74) is 0.655. The summed E-state index contributed by atoms with van der Waals surface area (Å²) in [6.07, 6.45) is 3.16. The van der Waals surface area contributed by atoms with Crippen LogP contribution in [0.4, 0.5) is 0 Å². The molecular weight excluding hydrogens is 334 g/mol. The number of methoxy groups -OCH3 is 1. The topological polar surface area (TPSA) is 55.4 Å². The van der Waals surface area contributed by atoms with Gasteiger partial charge in [-0.2, -0.15) is 11.8 Å². The Bertz CT molecular complexity index is 526. The van der Waals surface area contributed by atoms with Crippen molar-refractivity contribution in [2.75, 3.05) is 12.9 Å². The molecule has 1 aromatic rings. The minimum atomic E-state index is -0.167. The summed E-state index contributed by atoms with van der Waals surface area (Å²) in [4.78, 5) is 23.3. The Morgan fingerprint density at radius 3 is 2.74 bits per heavy atom. The second-order valence-electron chi connectivity index (χ2n) is 5.58. The van der Waals surface area contributed by atoms with Crippen molar-refractivity contribution >= 4 is 35.2 Å². The fourth-order valence-electron chi connectivity index (χ4n) is 2.59. The second kappa shape index (κ2) is 9.18. The molecule has 1 heterocycles. The number of halogens is 1. The molecule has 0 saturated carbocycles. The molecular formula is C17H22ClNO3S. The van der Waals surface area contributed by atoms with Crippen LogP contribution in [0.3, 0.4) is 0 Å². The Balaban J connectivity index is 1.74. The van der Waals surface area contributed by atoms with Crippen molar-refractivity contribution in [3.63, 3.8) is 0 Å². The number of hydrogen-bond acceptors (Lipinski definition) is 4. The first kappa shape index (κ1) is 18.1. The molecule has 0 aliphatic carbocycles. The van der Waals surface area contributed by atoms with Crippen LogP contribution in [0.1, 0.15) is 36.0 Å². The summed E-state index contributed by atoms with van der Waals surface area (Å²) >= 11 is 8.31. The summed E-state index contributed by atoms with van der Waals surface area (Å²) in [7, 11) is 1.41. The van der Waals surface area contributed by atoms with Gasteiger partial charge in [-0.1, -0.05) is 24.6 Å². The summed E-state index contributed by atoms with van der Waals surface area (Å²) in [6, 6.07) is 9.16. The van der Waals surface area contributed by atoms with Crippen LogP contribution >= 0.6 is 23.4 Å². The van der Waals surface area contributed by atoms with Crippen molar-refractivity contribution < 1.29 is 14.3 Å². The Kier molecular flexibility index (Phi) is 7.24. The summed E-state index contributed by atoms with van der Waals surface area (Å²) in [5, 5.41) is 3.26. The molecule has 4 nitrogen and oxygen atoms in total. The third kappa shape index (κ3) is 5.43. The molecule has 1 N–H and O–H groups in total. The monoisotopic (exact) mass is 355 g/mol. The number of rotatable bonds is 7. The molecule has 1 aromatic carbocycles. The van der Waals surface area contributed by atoms with Crippen molar-refractivity contribution in [3.05, 3.63) is 35.9 Å². The molecule has 3 atom stereocenters. The molecule has 0 spiro atoms. The van der Waals surface area contributed by atoms with Crippen molar-refractivity contribution in [3.8, 4) is 0 Å². The predicted molar refractivity (Wildman–Crippen MR) is 94.1 cm³/mol. The predicted octanol–water partition coefficient (Wildman–Crippen LogP) is 3.24. The first-order valence-corrected chi connectivity index (χ1v) is 9.28. The number of hydrogen-bond donors (Lipinski definition) is 1. The molecule has 2 rings (SSSR count). The van der Waals surface area contributed by atoms with Gasteiger partial charge in [0.05, 0.1) is 18.5 Å². The van der Waals surface area contributed by atoms with Gasteiger partial charge in [0.2, 0.25) is 0 Å². The molecule has 1 aliphatic heterocycles. The lowest BCUT2D eigenvalue weighted by molar-refractivity contribution is -0.140. The molecule has 0 unspecified atom stereocenters. The maximum atomic E-state index is 12.2. The van der Waals surface area contributed by atoms with E-state index >= 15 is 0 Å². The minimum absolute atomic E-state index is 0.0139. The van der Waals surface area contributed by atoms with Gasteiger partial charge in [-0.25, -0.2) is 0 Å². The van der Waals surface area contributed by atoms with E-state index in [0.717, 1.165) is 25.0 Å². The van der Waals surface area contributed by atoms with Crippen LogP contribution in [0.5, 0.6) is 0 Å². The zero-order valence-corrected chi connectivity index (χ0v) is 14.7. The Labute approximate surface area is 146 Å². The van der Waals surface area contributed by atoms with E-state index < -0.39 is 0 Å². The largest absolute Gasteiger partial charge is 0.469 e. The second-order valence-corrected chi connectivity index (χ2v) is 7.36. The number of ether oxygens (including phenoxy) is 1. The Morgan fingerprint density at radius 2 is 2.04 bits per heavy atom.